The average Bonchev–Trinajstić information content (AvgIpc) is 3.22. The first-order valence-electron chi connectivity index (χ1n) is 9.61. The van der Waals surface area contributed by atoms with Gasteiger partial charge in [-0.2, -0.15) is 0 Å². The maximum Gasteiger partial charge on any atom is 0.291 e. The topological polar surface area (TPSA) is 74.6 Å². The molecule has 2 amide bonds. The van der Waals surface area contributed by atoms with E-state index in [9.17, 15) is 9.59 Å². The van der Waals surface area contributed by atoms with E-state index in [1.54, 1.807) is 36.4 Å². The molecule has 0 spiro atoms. The van der Waals surface area contributed by atoms with E-state index in [2.05, 4.69) is 22.5 Å². The quantitative estimate of drug-likeness (QED) is 0.732. The second-order valence-corrected chi connectivity index (χ2v) is 6.97. The predicted octanol–water partition coefficient (Wildman–Crippen LogP) is 3.53. The maximum absolute atomic E-state index is 12.5. The van der Waals surface area contributed by atoms with Gasteiger partial charge in [0.15, 0.2) is 5.76 Å². The molecule has 0 aliphatic carbocycles. The highest BCUT2D eigenvalue weighted by molar-refractivity contribution is 6.07. The molecule has 1 saturated heterocycles. The molecule has 3 rings (SSSR count). The molecule has 1 aromatic heterocycles. The minimum atomic E-state index is -0.376. The van der Waals surface area contributed by atoms with Crippen LogP contribution in [-0.2, 0) is 0 Å². The van der Waals surface area contributed by atoms with Crippen LogP contribution in [-0.4, -0.2) is 42.4 Å². The zero-order chi connectivity index (χ0) is 19.1. The van der Waals surface area contributed by atoms with Gasteiger partial charge in [-0.05, 0) is 57.0 Å². The monoisotopic (exact) mass is 369 g/mol. The molecule has 27 heavy (non-hydrogen) atoms. The Morgan fingerprint density at radius 2 is 2.00 bits per heavy atom. The van der Waals surface area contributed by atoms with E-state index in [4.69, 9.17) is 4.42 Å². The molecule has 1 aliphatic heterocycles. The van der Waals surface area contributed by atoms with Crippen molar-refractivity contribution in [1.82, 2.24) is 10.2 Å². The Labute approximate surface area is 159 Å². The Morgan fingerprint density at radius 1 is 1.15 bits per heavy atom. The summed E-state index contributed by atoms with van der Waals surface area (Å²) in [5.74, 6) is -0.350. The van der Waals surface area contributed by atoms with Gasteiger partial charge in [0.25, 0.3) is 11.8 Å². The minimum absolute atomic E-state index is 0.183. The molecule has 0 unspecified atom stereocenters. The minimum Gasteiger partial charge on any atom is -0.459 e. The molecular weight excluding hydrogens is 342 g/mol. The van der Waals surface area contributed by atoms with Gasteiger partial charge in [0.1, 0.15) is 0 Å². The summed E-state index contributed by atoms with van der Waals surface area (Å²) in [4.78, 5) is 27.2. The predicted molar refractivity (Wildman–Crippen MR) is 105 cm³/mol. The van der Waals surface area contributed by atoms with Crippen LogP contribution in [0.5, 0.6) is 0 Å². The molecule has 2 heterocycles. The molecule has 1 fully saturated rings. The van der Waals surface area contributed by atoms with Crippen molar-refractivity contribution >= 4 is 17.5 Å². The summed E-state index contributed by atoms with van der Waals surface area (Å²) in [6.45, 7) is 5.04. The van der Waals surface area contributed by atoms with Gasteiger partial charge in [-0.1, -0.05) is 18.6 Å². The van der Waals surface area contributed by atoms with Crippen molar-refractivity contribution in [2.75, 3.05) is 25.0 Å². The van der Waals surface area contributed by atoms with Crippen LogP contribution in [0.4, 0.5) is 5.69 Å². The number of carbonyl (C=O) groups is 2. The number of amides is 2. The van der Waals surface area contributed by atoms with Crippen LogP contribution < -0.4 is 10.6 Å². The third-order valence-electron chi connectivity index (χ3n) is 5.01. The third kappa shape index (κ3) is 5.20. The second kappa shape index (κ2) is 9.37. The van der Waals surface area contributed by atoms with Gasteiger partial charge in [-0.25, -0.2) is 0 Å². The number of carbonyl (C=O) groups excluding carboxylic acids is 2. The van der Waals surface area contributed by atoms with Gasteiger partial charge in [-0.3, -0.25) is 9.59 Å². The van der Waals surface area contributed by atoms with Gasteiger partial charge in [0.2, 0.25) is 0 Å². The summed E-state index contributed by atoms with van der Waals surface area (Å²) >= 11 is 0. The number of likely N-dealkylation sites (tertiary alicyclic amines) is 1. The first-order valence-corrected chi connectivity index (χ1v) is 9.61. The first kappa shape index (κ1) is 19.2. The molecule has 0 saturated carbocycles. The second-order valence-electron chi connectivity index (χ2n) is 6.97. The molecule has 2 N–H and O–H groups in total. The summed E-state index contributed by atoms with van der Waals surface area (Å²) in [6.07, 6.45) is 6.19. The smallest absolute Gasteiger partial charge is 0.291 e. The Morgan fingerprint density at radius 3 is 2.78 bits per heavy atom. The lowest BCUT2D eigenvalue weighted by molar-refractivity contribution is 0.0949. The molecular formula is C21H27N3O3. The van der Waals surface area contributed by atoms with Gasteiger partial charge in [-0.15, -0.1) is 0 Å². The number of nitrogens with zero attached hydrogens (tertiary/aromatic N) is 1. The number of hydrogen-bond donors (Lipinski definition) is 2. The average molecular weight is 369 g/mol. The molecule has 1 aliphatic rings. The van der Waals surface area contributed by atoms with E-state index in [1.807, 2.05) is 0 Å². The molecule has 6 heteroatoms. The van der Waals surface area contributed by atoms with Crippen LogP contribution >= 0.6 is 0 Å². The normalized spacial score (nSPS) is 17.4. The number of hydrogen-bond acceptors (Lipinski definition) is 4. The van der Waals surface area contributed by atoms with Gasteiger partial charge in [0, 0.05) is 19.1 Å². The van der Waals surface area contributed by atoms with E-state index >= 15 is 0 Å². The summed E-state index contributed by atoms with van der Waals surface area (Å²) in [5.41, 5.74) is 0.921. The molecule has 0 radical (unpaired) electrons. The number of benzene rings is 1. The summed E-state index contributed by atoms with van der Waals surface area (Å²) in [6, 6.07) is 10.9. The Kier molecular flexibility index (Phi) is 6.65. The number of furan rings is 1. The Bertz CT molecular complexity index is 758. The fraction of sp³-hybridized carbons (Fsp3) is 0.429. The zero-order valence-electron chi connectivity index (χ0n) is 15.7. The van der Waals surface area contributed by atoms with Crippen LogP contribution in [0.25, 0.3) is 0 Å². The summed E-state index contributed by atoms with van der Waals surface area (Å²) < 4.78 is 5.10. The molecule has 0 bridgehead atoms. The van der Waals surface area contributed by atoms with Gasteiger partial charge >= 0.3 is 0 Å². The van der Waals surface area contributed by atoms with E-state index in [0.717, 1.165) is 19.5 Å². The largest absolute Gasteiger partial charge is 0.459 e. The van der Waals surface area contributed by atoms with Crippen molar-refractivity contribution in [3.05, 3.63) is 54.0 Å². The molecule has 1 aromatic carbocycles. The lowest BCUT2D eigenvalue weighted by Gasteiger charge is -2.33. The third-order valence-corrected chi connectivity index (χ3v) is 5.01. The lowest BCUT2D eigenvalue weighted by atomic mass is 10.0. The molecule has 144 valence electrons. The molecule has 6 nitrogen and oxygen atoms in total. The van der Waals surface area contributed by atoms with Crippen molar-refractivity contribution in [3.63, 3.8) is 0 Å². The summed E-state index contributed by atoms with van der Waals surface area (Å²) in [5, 5.41) is 5.70. The van der Waals surface area contributed by atoms with E-state index in [-0.39, 0.29) is 17.6 Å². The van der Waals surface area contributed by atoms with Crippen molar-refractivity contribution < 1.29 is 14.0 Å². The highest BCUT2D eigenvalue weighted by Crippen LogP contribution is 2.17. The van der Waals surface area contributed by atoms with Crippen molar-refractivity contribution in [3.8, 4) is 0 Å². The van der Waals surface area contributed by atoms with Crippen LogP contribution in [0.2, 0.25) is 0 Å². The van der Waals surface area contributed by atoms with E-state index < -0.39 is 0 Å². The van der Waals surface area contributed by atoms with Crippen LogP contribution in [0.15, 0.2) is 47.1 Å². The van der Waals surface area contributed by atoms with E-state index in [0.29, 0.717) is 23.8 Å². The number of piperidine rings is 1. The Hall–Kier alpha value is -2.60. The van der Waals surface area contributed by atoms with Crippen molar-refractivity contribution in [2.45, 2.75) is 38.6 Å². The van der Waals surface area contributed by atoms with E-state index in [1.165, 1.54) is 25.5 Å². The van der Waals surface area contributed by atoms with Gasteiger partial charge < -0.3 is 20.0 Å². The fourth-order valence-corrected chi connectivity index (χ4v) is 3.45. The maximum atomic E-state index is 12.5. The number of anilines is 1. The lowest BCUT2D eigenvalue weighted by Crippen LogP contribution is -2.39. The highest BCUT2D eigenvalue weighted by atomic mass is 16.3. The SMILES string of the molecule is C[C@@H]1CCCCN1CCCNC(=O)c1ccccc1NC(=O)c1ccco1. The molecule has 1 atom stereocenters. The fourth-order valence-electron chi connectivity index (χ4n) is 3.45. The first-order chi connectivity index (χ1) is 13.1. The van der Waals surface area contributed by atoms with Crippen LogP contribution in [0.1, 0.15) is 53.5 Å². The molecule has 2 aromatic rings. The van der Waals surface area contributed by atoms with Crippen molar-refractivity contribution in [2.24, 2.45) is 0 Å². The standard InChI is InChI=1S/C21H27N3O3/c1-16-8-4-5-13-24(16)14-7-12-22-20(25)17-9-2-3-10-18(17)23-21(26)19-11-6-15-27-19/h2-3,6,9-11,15-16H,4-5,7-8,12-14H2,1H3,(H,22,25)(H,23,26)/t16-/m1/s1. The Balaban J connectivity index is 1.51. The van der Waals surface area contributed by atoms with Crippen molar-refractivity contribution in [1.29, 1.82) is 0 Å². The number of nitrogens with one attached hydrogen (secondary N) is 2. The summed E-state index contributed by atoms with van der Waals surface area (Å²) in [7, 11) is 0. The zero-order valence-corrected chi connectivity index (χ0v) is 15.7. The van der Waals surface area contributed by atoms with Crippen LogP contribution in [0.3, 0.4) is 0 Å². The number of para-hydroxylation sites is 1. The highest BCUT2D eigenvalue weighted by Gasteiger charge is 2.18. The van der Waals surface area contributed by atoms with Crippen LogP contribution in [0, 0.1) is 0 Å². The number of rotatable bonds is 7. The van der Waals surface area contributed by atoms with Gasteiger partial charge in [0.05, 0.1) is 17.5 Å².